The summed E-state index contributed by atoms with van der Waals surface area (Å²) in [5.41, 5.74) is 8.18. The van der Waals surface area contributed by atoms with Gasteiger partial charge in [-0.1, -0.05) is 35.9 Å². The summed E-state index contributed by atoms with van der Waals surface area (Å²) >= 11 is 5.92. The van der Waals surface area contributed by atoms with Crippen LogP contribution in [0.3, 0.4) is 0 Å². The number of nitrogens with two attached hydrogens (primary N) is 1. The molecule has 0 aliphatic heterocycles. The van der Waals surface area contributed by atoms with Crippen LogP contribution in [-0.2, 0) is 6.54 Å². The van der Waals surface area contributed by atoms with Gasteiger partial charge in [0.05, 0.1) is 5.56 Å². The first-order valence-corrected chi connectivity index (χ1v) is 5.82. The average Bonchev–Trinajstić information content (AvgIpc) is 2.38. The topological polar surface area (TPSA) is 63.3 Å². The monoisotopic (exact) mass is 261 g/mol. The second-order valence-electron chi connectivity index (χ2n) is 3.90. The van der Waals surface area contributed by atoms with Crippen molar-refractivity contribution in [2.45, 2.75) is 6.54 Å². The van der Waals surface area contributed by atoms with Crippen molar-refractivity contribution < 1.29 is 9.90 Å². The van der Waals surface area contributed by atoms with Crippen LogP contribution in [0.1, 0.15) is 15.9 Å². The second kappa shape index (κ2) is 5.21. The zero-order valence-electron chi connectivity index (χ0n) is 9.56. The van der Waals surface area contributed by atoms with E-state index in [4.69, 9.17) is 22.4 Å². The summed E-state index contributed by atoms with van der Waals surface area (Å²) < 4.78 is 0. The molecule has 3 nitrogen and oxygen atoms in total. The molecule has 0 atom stereocenters. The number of carboxylic acid groups (broad SMARTS) is 1. The van der Waals surface area contributed by atoms with Gasteiger partial charge in [0.25, 0.3) is 0 Å². The van der Waals surface area contributed by atoms with Crippen LogP contribution in [0.5, 0.6) is 0 Å². The first kappa shape index (κ1) is 12.6. The Hall–Kier alpha value is -1.84. The third-order valence-electron chi connectivity index (χ3n) is 2.71. The molecule has 3 N–H and O–H groups in total. The van der Waals surface area contributed by atoms with Crippen molar-refractivity contribution in [1.29, 1.82) is 0 Å². The van der Waals surface area contributed by atoms with E-state index >= 15 is 0 Å². The van der Waals surface area contributed by atoms with E-state index in [1.54, 1.807) is 12.1 Å². The largest absolute Gasteiger partial charge is 0.478 e. The van der Waals surface area contributed by atoms with Crippen LogP contribution in [0, 0.1) is 0 Å². The van der Waals surface area contributed by atoms with Crippen molar-refractivity contribution in [2.75, 3.05) is 0 Å². The van der Waals surface area contributed by atoms with Gasteiger partial charge in [-0.2, -0.15) is 0 Å². The number of aromatic carboxylic acids is 1. The van der Waals surface area contributed by atoms with Gasteiger partial charge in [0.15, 0.2) is 0 Å². The van der Waals surface area contributed by atoms with Gasteiger partial charge in [-0.05, 0) is 34.9 Å². The predicted octanol–water partition coefficient (Wildman–Crippen LogP) is 3.16. The zero-order chi connectivity index (χ0) is 13.1. The molecule has 2 aromatic carbocycles. The summed E-state index contributed by atoms with van der Waals surface area (Å²) in [5.74, 6) is -0.968. The first-order chi connectivity index (χ1) is 8.61. The van der Waals surface area contributed by atoms with E-state index in [0.717, 1.165) is 11.1 Å². The molecule has 0 radical (unpaired) electrons. The molecule has 0 aliphatic rings. The molecule has 0 amide bonds. The molecule has 92 valence electrons. The Kier molecular flexibility index (Phi) is 3.65. The van der Waals surface area contributed by atoms with Gasteiger partial charge in [0.2, 0.25) is 0 Å². The van der Waals surface area contributed by atoms with Gasteiger partial charge < -0.3 is 10.8 Å². The minimum Gasteiger partial charge on any atom is -0.478 e. The summed E-state index contributed by atoms with van der Waals surface area (Å²) in [6, 6.07) is 12.2. The average molecular weight is 262 g/mol. The Bertz CT molecular complexity index is 579. The fraction of sp³-hybridized carbons (Fsp3) is 0.0714. The Labute approximate surface area is 110 Å². The number of benzene rings is 2. The van der Waals surface area contributed by atoms with Crippen LogP contribution >= 0.6 is 11.6 Å². The van der Waals surface area contributed by atoms with Crippen LogP contribution in [0.15, 0.2) is 42.5 Å². The Morgan fingerprint density at radius 2 is 1.83 bits per heavy atom. The predicted molar refractivity (Wildman–Crippen MR) is 71.7 cm³/mol. The molecule has 0 fully saturated rings. The molecule has 0 spiro atoms. The lowest BCUT2D eigenvalue weighted by molar-refractivity contribution is 0.0698. The fourth-order valence-electron chi connectivity index (χ4n) is 1.76. The number of rotatable bonds is 3. The minimum absolute atomic E-state index is 0.236. The standard InChI is InChI=1S/C14H12ClNO2/c15-11-5-6-12(14(17)18)13(7-11)10-3-1-9(8-16)2-4-10/h1-7H,8,16H2,(H,17,18). The molecule has 0 unspecified atom stereocenters. The molecule has 0 aliphatic carbocycles. The number of carboxylic acids is 1. The lowest BCUT2D eigenvalue weighted by Crippen LogP contribution is -2.00. The van der Waals surface area contributed by atoms with Crippen molar-refractivity contribution in [3.63, 3.8) is 0 Å². The Balaban J connectivity index is 2.54. The molecule has 0 saturated carbocycles. The van der Waals surface area contributed by atoms with Gasteiger partial charge in [0.1, 0.15) is 0 Å². The van der Waals surface area contributed by atoms with Crippen LogP contribution < -0.4 is 5.73 Å². The van der Waals surface area contributed by atoms with Crippen molar-refractivity contribution in [3.05, 3.63) is 58.6 Å². The molecular formula is C14H12ClNO2. The molecule has 4 heteroatoms. The van der Waals surface area contributed by atoms with Crippen molar-refractivity contribution in [3.8, 4) is 11.1 Å². The maximum atomic E-state index is 11.2. The van der Waals surface area contributed by atoms with E-state index in [1.807, 2.05) is 24.3 Å². The van der Waals surface area contributed by atoms with Crippen molar-refractivity contribution in [1.82, 2.24) is 0 Å². The molecule has 0 aromatic heterocycles. The molecular weight excluding hydrogens is 250 g/mol. The highest BCUT2D eigenvalue weighted by Crippen LogP contribution is 2.27. The lowest BCUT2D eigenvalue weighted by Gasteiger charge is -2.07. The third-order valence-corrected chi connectivity index (χ3v) is 2.95. The third kappa shape index (κ3) is 2.53. The van der Waals surface area contributed by atoms with E-state index < -0.39 is 5.97 Å². The minimum atomic E-state index is -0.968. The summed E-state index contributed by atoms with van der Waals surface area (Å²) in [5, 5.41) is 9.67. The molecule has 2 rings (SSSR count). The van der Waals surface area contributed by atoms with Gasteiger partial charge in [-0.25, -0.2) is 4.79 Å². The number of carbonyl (C=O) groups is 1. The Morgan fingerprint density at radius 3 is 2.39 bits per heavy atom. The number of hydrogen-bond acceptors (Lipinski definition) is 2. The van der Waals surface area contributed by atoms with Gasteiger partial charge in [-0.3, -0.25) is 0 Å². The van der Waals surface area contributed by atoms with Crippen LogP contribution in [-0.4, -0.2) is 11.1 Å². The highest BCUT2D eigenvalue weighted by Gasteiger charge is 2.11. The van der Waals surface area contributed by atoms with E-state index in [0.29, 0.717) is 17.1 Å². The van der Waals surface area contributed by atoms with E-state index in [-0.39, 0.29) is 5.56 Å². The number of hydrogen-bond donors (Lipinski definition) is 2. The maximum absolute atomic E-state index is 11.2. The molecule has 0 bridgehead atoms. The molecule has 0 heterocycles. The zero-order valence-corrected chi connectivity index (χ0v) is 10.3. The smallest absolute Gasteiger partial charge is 0.336 e. The summed E-state index contributed by atoms with van der Waals surface area (Å²) in [6.07, 6.45) is 0. The Morgan fingerprint density at radius 1 is 1.17 bits per heavy atom. The summed E-state index contributed by atoms with van der Waals surface area (Å²) in [7, 11) is 0. The highest BCUT2D eigenvalue weighted by molar-refractivity contribution is 6.31. The first-order valence-electron chi connectivity index (χ1n) is 5.44. The second-order valence-corrected chi connectivity index (χ2v) is 4.33. The van der Waals surface area contributed by atoms with Crippen molar-refractivity contribution in [2.24, 2.45) is 5.73 Å². The highest BCUT2D eigenvalue weighted by atomic mass is 35.5. The van der Waals surface area contributed by atoms with Gasteiger partial charge in [-0.15, -0.1) is 0 Å². The molecule has 18 heavy (non-hydrogen) atoms. The number of halogens is 1. The van der Waals surface area contributed by atoms with Crippen LogP contribution in [0.25, 0.3) is 11.1 Å². The van der Waals surface area contributed by atoms with Crippen LogP contribution in [0.4, 0.5) is 0 Å². The van der Waals surface area contributed by atoms with Gasteiger partial charge >= 0.3 is 5.97 Å². The fourth-order valence-corrected chi connectivity index (χ4v) is 1.93. The summed E-state index contributed by atoms with van der Waals surface area (Å²) in [6.45, 7) is 0.460. The quantitative estimate of drug-likeness (QED) is 0.892. The van der Waals surface area contributed by atoms with Gasteiger partial charge in [0, 0.05) is 11.6 Å². The summed E-state index contributed by atoms with van der Waals surface area (Å²) in [4.78, 5) is 11.2. The van der Waals surface area contributed by atoms with E-state index in [2.05, 4.69) is 0 Å². The molecule has 2 aromatic rings. The van der Waals surface area contributed by atoms with E-state index in [9.17, 15) is 4.79 Å². The lowest BCUT2D eigenvalue weighted by atomic mass is 9.99. The normalized spacial score (nSPS) is 10.3. The van der Waals surface area contributed by atoms with Crippen LogP contribution in [0.2, 0.25) is 5.02 Å². The van der Waals surface area contributed by atoms with E-state index in [1.165, 1.54) is 6.07 Å². The SMILES string of the molecule is NCc1ccc(-c2cc(Cl)ccc2C(=O)O)cc1. The molecule has 0 saturated heterocycles. The maximum Gasteiger partial charge on any atom is 0.336 e. The van der Waals surface area contributed by atoms with Crippen molar-refractivity contribution >= 4 is 17.6 Å².